The van der Waals surface area contributed by atoms with E-state index in [4.69, 9.17) is 4.74 Å². The molecule has 0 bridgehead atoms. The lowest BCUT2D eigenvalue weighted by molar-refractivity contribution is 0.102. The van der Waals surface area contributed by atoms with Gasteiger partial charge in [0.2, 0.25) is 0 Å². The third kappa shape index (κ3) is 4.55. The first-order chi connectivity index (χ1) is 18.2. The summed E-state index contributed by atoms with van der Waals surface area (Å²) in [5.41, 5.74) is 1.38. The van der Waals surface area contributed by atoms with E-state index in [0.717, 1.165) is 11.6 Å². The Morgan fingerprint density at radius 2 is 1.76 bits per heavy atom. The minimum atomic E-state index is -0.762. The summed E-state index contributed by atoms with van der Waals surface area (Å²) in [5, 5.41) is 22.5. The molecule has 3 N–H and O–H groups in total. The lowest BCUT2D eigenvalue weighted by atomic mass is 10.2. The number of phenolic OH excluding ortho intramolecular Hbond substituents is 2. The number of benzene rings is 3. The maximum absolute atomic E-state index is 14.9. The van der Waals surface area contributed by atoms with Crippen molar-refractivity contribution in [2.75, 3.05) is 5.32 Å². The van der Waals surface area contributed by atoms with E-state index in [1.807, 2.05) is 30.3 Å². The van der Waals surface area contributed by atoms with E-state index in [1.165, 1.54) is 41.2 Å². The third-order valence-electron chi connectivity index (χ3n) is 6.27. The van der Waals surface area contributed by atoms with Crippen molar-refractivity contribution in [1.29, 1.82) is 0 Å². The molecule has 5 rings (SSSR count). The second kappa shape index (κ2) is 9.74. The van der Waals surface area contributed by atoms with Crippen molar-refractivity contribution in [2.24, 2.45) is 7.05 Å². The second-order valence-corrected chi connectivity index (χ2v) is 8.70. The molecule has 0 radical (unpaired) electrons. The fourth-order valence-corrected chi connectivity index (χ4v) is 4.17. The smallest absolute Gasteiger partial charge is 0.280 e. The molecular weight excluding hydrogens is 491 g/mol. The Labute approximate surface area is 216 Å². The predicted octanol–water partition coefficient (Wildman–Crippen LogP) is 4.69. The van der Waals surface area contributed by atoms with Gasteiger partial charge in [0.1, 0.15) is 11.3 Å². The maximum Gasteiger partial charge on any atom is 0.280 e. The molecule has 0 atom stereocenters. The minimum absolute atomic E-state index is 0.0320. The number of aromatic nitrogens is 3. The van der Waals surface area contributed by atoms with Crippen LogP contribution < -0.4 is 15.6 Å². The molecule has 0 fully saturated rings. The number of nitrogens with one attached hydrogen (secondary N) is 1. The molecular formula is C28H23FN4O5. The Hall–Kier alpha value is -5.12. The fourth-order valence-electron chi connectivity index (χ4n) is 4.17. The number of nitrogens with zero attached hydrogens (tertiary/aromatic N) is 3. The van der Waals surface area contributed by atoms with Crippen molar-refractivity contribution < 1.29 is 24.1 Å². The van der Waals surface area contributed by atoms with Gasteiger partial charge in [-0.3, -0.25) is 19.3 Å². The monoisotopic (exact) mass is 514 g/mol. The topological polar surface area (TPSA) is 119 Å². The van der Waals surface area contributed by atoms with Gasteiger partial charge in [-0.2, -0.15) is 0 Å². The second-order valence-electron chi connectivity index (χ2n) is 8.70. The van der Waals surface area contributed by atoms with Gasteiger partial charge in [0, 0.05) is 42.1 Å². The van der Waals surface area contributed by atoms with Crippen molar-refractivity contribution >= 4 is 22.5 Å². The van der Waals surface area contributed by atoms with Gasteiger partial charge in [0.15, 0.2) is 23.1 Å². The lowest BCUT2D eigenvalue weighted by Crippen LogP contribution is -2.26. The van der Waals surface area contributed by atoms with Gasteiger partial charge in [-0.15, -0.1) is 0 Å². The Morgan fingerprint density at radius 1 is 1.03 bits per heavy atom. The van der Waals surface area contributed by atoms with Crippen LogP contribution in [0.1, 0.15) is 21.6 Å². The highest BCUT2D eigenvalue weighted by atomic mass is 19.1. The minimum Gasteiger partial charge on any atom is -0.504 e. The summed E-state index contributed by atoms with van der Waals surface area (Å²) < 4.78 is 23.7. The third-order valence-corrected chi connectivity index (χ3v) is 6.27. The summed E-state index contributed by atoms with van der Waals surface area (Å²) in [5.74, 6) is -2.05. The molecule has 0 spiro atoms. The zero-order chi connectivity index (χ0) is 27.0. The van der Waals surface area contributed by atoms with Crippen molar-refractivity contribution in [3.05, 3.63) is 106 Å². The van der Waals surface area contributed by atoms with Crippen LogP contribution in [0.3, 0.4) is 0 Å². The molecule has 3 aromatic carbocycles. The van der Waals surface area contributed by atoms with Gasteiger partial charge in [-0.05, 0) is 36.8 Å². The van der Waals surface area contributed by atoms with Gasteiger partial charge in [0.05, 0.1) is 12.1 Å². The Bertz CT molecular complexity index is 1740. The lowest BCUT2D eigenvalue weighted by Gasteiger charge is -2.11. The first kappa shape index (κ1) is 24.6. The number of pyridine rings is 1. The normalized spacial score (nSPS) is 11.0. The highest BCUT2D eigenvalue weighted by molar-refractivity contribution is 6.04. The number of aromatic hydroxyl groups is 2. The number of hydrogen-bond acceptors (Lipinski definition) is 6. The first-order valence-electron chi connectivity index (χ1n) is 11.6. The molecule has 9 nitrogen and oxygen atoms in total. The zero-order valence-corrected chi connectivity index (χ0v) is 20.5. The molecule has 1 amide bonds. The number of anilines is 1. The van der Waals surface area contributed by atoms with E-state index >= 15 is 0 Å². The number of rotatable bonds is 6. The van der Waals surface area contributed by atoms with Gasteiger partial charge in [-0.1, -0.05) is 30.3 Å². The predicted molar refractivity (Wildman–Crippen MR) is 139 cm³/mol. The standard InChI is InChI=1S/C28H23FN4O5/c1-16-26(28(37)33(32(16)2)15-17-6-4-3-5-7-17)27(36)31-18-8-9-25(20(29)12-18)38-24-10-11-30-21-14-23(35)22(34)13-19(21)24/h3-14,34-35H,15H2,1-2H3,(H,31,36). The average Bonchev–Trinajstić information content (AvgIpc) is 3.10. The van der Waals surface area contributed by atoms with Crippen LogP contribution in [0.25, 0.3) is 10.9 Å². The van der Waals surface area contributed by atoms with Crippen molar-refractivity contribution in [2.45, 2.75) is 13.5 Å². The average molecular weight is 515 g/mol. The van der Waals surface area contributed by atoms with Crippen LogP contribution >= 0.6 is 0 Å². The summed E-state index contributed by atoms with van der Waals surface area (Å²) >= 11 is 0. The van der Waals surface area contributed by atoms with Crippen molar-refractivity contribution in [1.82, 2.24) is 14.3 Å². The van der Waals surface area contributed by atoms with E-state index in [1.54, 1.807) is 18.7 Å². The number of amides is 1. The van der Waals surface area contributed by atoms with E-state index in [0.29, 0.717) is 23.1 Å². The summed E-state index contributed by atoms with van der Waals surface area (Å²) in [4.78, 5) is 30.2. The molecule has 0 unspecified atom stereocenters. The number of carbonyl (C=O) groups is 1. The van der Waals surface area contributed by atoms with Gasteiger partial charge < -0.3 is 20.3 Å². The van der Waals surface area contributed by atoms with Gasteiger partial charge >= 0.3 is 0 Å². The summed E-state index contributed by atoms with van der Waals surface area (Å²) in [7, 11) is 1.70. The van der Waals surface area contributed by atoms with Crippen LogP contribution in [-0.4, -0.2) is 30.5 Å². The Morgan fingerprint density at radius 3 is 2.50 bits per heavy atom. The summed E-state index contributed by atoms with van der Waals surface area (Å²) in [6, 6.07) is 17.3. The zero-order valence-electron chi connectivity index (χ0n) is 20.5. The summed E-state index contributed by atoms with van der Waals surface area (Å²) in [6.07, 6.45) is 1.42. The van der Waals surface area contributed by atoms with Crippen LogP contribution in [0.2, 0.25) is 0 Å². The number of phenols is 2. The van der Waals surface area contributed by atoms with Crippen LogP contribution in [0.4, 0.5) is 10.1 Å². The maximum atomic E-state index is 14.9. The summed E-state index contributed by atoms with van der Waals surface area (Å²) in [6.45, 7) is 1.97. The SMILES string of the molecule is Cc1c(C(=O)Nc2ccc(Oc3ccnc4cc(O)c(O)cc34)c(F)c2)c(=O)n(Cc2ccccc2)n1C. The number of ether oxygens (including phenoxy) is 1. The van der Waals surface area contributed by atoms with E-state index < -0.39 is 17.3 Å². The molecule has 10 heteroatoms. The number of halogens is 1. The molecule has 38 heavy (non-hydrogen) atoms. The highest BCUT2D eigenvalue weighted by Gasteiger charge is 2.22. The number of fused-ring (bicyclic) bond motifs is 1. The molecule has 0 aliphatic heterocycles. The van der Waals surface area contributed by atoms with Crippen molar-refractivity contribution in [3.63, 3.8) is 0 Å². The largest absolute Gasteiger partial charge is 0.504 e. The quantitative estimate of drug-likeness (QED) is 0.283. The molecule has 2 aromatic heterocycles. The van der Waals surface area contributed by atoms with Crippen LogP contribution in [0, 0.1) is 12.7 Å². The number of carbonyl (C=O) groups excluding carboxylic acids is 1. The Balaban J connectivity index is 1.38. The van der Waals surface area contributed by atoms with Crippen LogP contribution in [0.15, 0.2) is 77.7 Å². The highest BCUT2D eigenvalue weighted by Crippen LogP contribution is 2.36. The van der Waals surface area contributed by atoms with Gasteiger partial charge in [-0.25, -0.2) is 9.07 Å². The number of hydrogen-bond donors (Lipinski definition) is 3. The van der Waals surface area contributed by atoms with Gasteiger partial charge in [0.25, 0.3) is 11.5 Å². The molecule has 2 heterocycles. The molecule has 0 saturated carbocycles. The van der Waals surface area contributed by atoms with Crippen molar-refractivity contribution in [3.8, 4) is 23.0 Å². The molecule has 5 aromatic rings. The first-order valence-corrected chi connectivity index (χ1v) is 11.6. The fraction of sp³-hybridized carbons (Fsp3) is 0.107. The van der Waals surface area contributed by atoms with E-state index in [2.05, 4.69) is 10.3 Å². The molecule has 0 aliphatic carbocycles. The van der Waals surface area contributed by atoms with Crippen LogP contribution in [-0.2, 0) is 13.6 Å². The molecule has 0 saturated heterocycles. The van der Waals surface area contributed by atoms with Crippen LogP contribution in [0.5, 0.6) is 23.0 Å². The molecule has 0 aliphatic rings. The Kier molecular flexibility index (Phi) is 6.29. The van der Waals surface area contributed by atoms with E-state index in [9.17, 15) is 24.2 Å². The van der Waals surface area contributed by atoms with E-state index in [-0.39, 0.29) is 34.2 Å². The molecule has 192 valence electrons.